The zero-order valence-corrected chi connectivity index (χ0v) is 16.3. The maximum Gasteiger partial charge on any atom is 0.196 e. The van der Waals surface area contributed by atoms with Gasteiger partial charge < -0.3 is 4.57 Å². The minimum absolute atomic E-state index is 0.544. The highest BCUT2D eigenvalue weighted by Gasteiger charge is 2.31. The number of aromatic nitrogens is 5. The first-order valence-electron chi connectivity index (χ1n) is 9.56. The van der Waals surface area contributed by atoms with E-state index in [1.807, 2.05) is 24.5 Å². The van der Waals surface area contributed by atoms with Crippen LogP contribution >= 0.6 is 11.8 Å². The molecule has 2 aromatic heterocycles. The van der Waals surface area contributed by atoms with Gasteiger partial charge in [-0.25, -0.2) is 4.98 Å². The Morgan fingerprint density at radius 2 is 1.68 bits per heavy atom. The Balaban J connectivity index is 1.38. The van der Waals surface area contributed by atoms with Gasteiger partial charge >= 0.3 is 0 Å². The van der Waals surface area contributed by atoms with Crippen LogP contribution < -0.4 is 0 Å². The van der Waals surface area contributed by atoms with Crippen molar-refractivity contribution < 1.29 is 0 Å². The maximum atomic E-state index is 4.57. The molecule has 0 radical (unpaired) electrons. The van der Waals surface area contributed by atoms with Gasteiger partial charge in [0.1, 0.15) is 11.6 Å². The number of nitrogens with zero attached hydrogens (tertiary/aromatic N) is 5. The summed E-state index contributed by atoms with van der Waals surface area (Å²) in [5.41, 5.74) is 2.40. The molecule has 1 saturated carbocycles. The number of hydrogen-bond donors (Lipinski definition) is 0. The van der Waals surface area contributed by atoms with Crippen molar-refractivity contribution in [1.82, 2.24) is 24.3 Å². The molecule has 4 aromatic rings. The van der Waals surface area contributed by atoms with Gasteiger partial charge in [0.2, 0.25) is 0 Å². The van der Waals surface area contributed by atoms with Crippen LogP contribution in [-0.2, 0) is 12.3 Å². The van der Waals surface area contributed by atoms with Crippen molar-refractivity contribution in [2.75, 3.05) is 0 Å². The lowest BCUT2D eigenvalue weighted by atomic mass is 10.2. The van der Waals surface area contributed by atoms with Gasteiger partial charge in [-0.05, 0) is 30.5 Å². The molecular formula is C22H21N5S. The number of imidazole rings is 1. The quantitative estimate of drug-likeness (QED) is 0.432. The number of benzene rings is 2. The van der Waals surface area contributed by atoms with Crippen LogP contribution in [0.4, 0.5) is 0 Å². The zero-order chi connectivity index (χ0) is 18.8. The number of para-hydroxylation sites is 1. The molecule has 2 heterocycles. The number of thioether (sulfide) groups is 1. The van der Waals surface area contributed by atoms with Gasteiger partial charge in [0, 0.05) is 30.5 Å². The van der Waals surface area contributed by atoms with Gasteiger partial charge in [-0.1, -0.05) is 60.3 Å². The summed E-state index contributed by atoms with van der Waals surface area (Å²) in [7, 11) is 0. The SMILES string of the molecule is c1ccc(Cn2ccnc2CSc2nnc(C3CC3)n2-c2ccccc2)cc1. The van der Waals surface area contributed by atoms with E-state index in [4.69, 9.17) is 0 Å². The van der Waals surface area contributed by atoms with Crippen LogP contribution in [0.1, 0.15) is 36.0 Å². The Hall–Kier alpha value is -2.86. The lowest BCUT2D eigenvalue weighted by Crippen LogP contribution is -2.05. The topological polar surface area (TPSA) is 48.5 Å². The summed E-state index contributed by atoms with van der Waals surface area (Å²) in [6.07, 6.45) is 6.32. The summed E-state index contributed by atoms with van der Waals surface area (Å²) in [6.45, 7) is 0.829. The van der Waals surface area contributed by atoms with Crippen molar-refractivity contribution in [3.8, 4) is 5.69 Å². The highest BCUT2D eigenvalue weighted by Crippen LogP contribution is 2.41. The second-order valence-corrected chi connectivity index (χ2v) is 7.97. The average molecular weight is 388 g/mol. The van der Waals surface area contributed by atoms with Crippen molar-refractivity contribution in [3.05, 3.63) is 90.3 Å². The van der Waals surface area contributed by atoms with Crippen molar-refractivity contribution in [1.29, 1.82) is 0 Å². The third-order valence-electron chi connectivity index (χ3n) is 4.94. The molecule has 140 valence electrons. The minimum atomic E-state index is 0.544. The third kappa shape index (κ3) is 3.60. The molecule has 0 bridgehead atoms. The second kappa shape index (κ2) is 7.64. The molecule has 0 unspecified atom stereocenters. The Labute approximate surface area is 168 Å². The monoisotopic (exact) mass is 387 g/mol. The fraction of sp³-hybridized carbons (Fsp3) is 0.227. The Bertz CT molecular complexity index is 1050. The summed E-state index contributed by atoms with van der Waals surface area (Å²) >= 11 is 1.70. The highest BCUT2D eigenvalue weighted by atomic mass is 32.2. The molecule has 0 amide bonds. The largest absolute Gasteiger partial charge is 0.330 e. The van der Waals surface area contributed by atoms with Gasteiger partial charge in [0.15, 0.2) is 5.16 Å². The second-order valence-electron chi connectivity index (χ2n) is 7.03. The van der Waals surface area contributed by atoms with E-state index in [0.717, 1.165) is 34.8 Å². The highest BCUT2D eigenvalue weighted by molar-refractivity contribution is 7.98. The molecule has 1 aliphatic rings. The van der Waals surface area contributed by atoms with Crippen LogP contribution in [-0.4, -0.2) is 24.3 Å². The van der Waals surface area contributed by atoms with Gasteiger partial charge in [-0.3, -0.25) is 4.57 Å². The van der Waals surface area contributed by atoms with Crippen molar-refractivity contribution in [2.24, 2.45) is 0 Å². The smallest absolute Gasteiger partial charge is 0.196 e. The first-order chi connectivity index (χ1) is 13.9. The van der Waals surface area contributed by atoms with Gasteiger partial charge in [0.05, 0.1) is 5.75 Å². The molecule has 28 heavy (non-hydrogen) atoms. The van der Waals surface area contributed by atoms with Gasteiger partial charge in [0.25, 0.3) is 0 Å². The third-order valence-corrected chi connectivity index (χ3v) is 5.87. The van der Waals surface area contributed by atoms with E-state index in [1.54, 1.807) is 11.8 Å². The van der Waals surface area contributed by atoms with Crippen LogP contribution in [0.2, 0.25) is 0 Å². The molecular weight excluding hydrogens is 366 g/mol. The van der Waals surface area contributed by atoms with Crippen LogP contribution in [0, 0.1) is 0 Å². The fourth-order valence-electron chi connectivity index (χ4n) is 3.33. The summed E-state index contributed by atoms with van der Waals surface area (Å²) in [4.78, 5) is 4.57. The van der Waals surface area contributed by atoms with Crippen molar-refractivity contribution >= 4 is 11.8 Å². The number of hydrogen-bond acceptors (Lipinski definition) is 4. The molecule has 0 atom stereocenters. The lowest BCUT2D eigenvalue weighted by molar-refractivity contribution is 0.754. The van der Waals surface area contributed by atoms with Crippen LogP contribution in [0.5, 0.6) is 0 Å². The van der Waals surface area contributed by atoms with Crippen LogP contribution in [0.25, 0.3) is 5.69 Å². The molecule has 5 nitrogen and oxygen atoms in total. The van der Waals surface area contributed by atoms with E-state index in [9.17, 15) is 0 Å². The maximum absolute atomic E-state index is 4.57. The predicted octanol–water partition coefficient (Wildman–Crippen LogP) is 4.68. The lowest BCUT2D eigenvalue weighted by Gasteiger charge is -2.10. The first-order valence-corrected chi connectivity index (χ1v) is 10.5. The molecule has 6 heteroatoms. The van der Waals surface area contributed by atoms with E-state index < -0.39 is 0 Å². The molecule has 2 aromatic carbocycles. The number of rotatable bonds is 7. The van der Waals surface area contributed by atoms with Crippen molar-refractivity contribution in [2.45, 2.75) is 36.2 Å². The van der Waals surface area contributed by atoms with Crippen LogP contribution in [0.3, 0.4) is 0 Å². The fourth-order valence-corrected chi connectivity index (χ4v) is 4.26. The Morgan fingerprint density at radius 3 is 2.43 bits per heavy atom. The molecule has 1 aliphatic carbocycles. The Kier molecular flexibility index (Phi) is 4.71. The van der Waals surface area contributed by atoms with Crippen LogP contribution in [0.15, 0.2) is 78.2 Å². The zero-order valence-electron chi connectivity index (χ0n) is 15.5. The van der Waals surface area contributed by atoms with Crippen molar-refractivity contribution in [3.63, 3.8) is 0 Å². The molecule has 0 saturated heterocycles. The molecule has 0 aliphatic heterocycles. The predicted molar refractivity (Wildman–Crippen MR) is 111 cm³/mol. The summed E-state index contributed by atoms with van der Waals surface area (Å²) < 4.78 is 4.42. The Morgan fingerprint density at radius 1 is 0.929 bits per heavy atom. The van der Waals surface area contributed by atoms with E-state index >= 15 is 0 Å². The van der Waals surface area contributed by atoms with E-state index in [2.05, 4.69) is 72.8 Å². The summed E-state index contributed by atoms with van der Waals surface area (Å²) in [5, 5.41) is 9.95. The van der Waals surface area contributed by atoms with Gasteiger partial charge in [-0.15, -0.1) is 10.2 Å². The summed E-state index contributed by atoms with van der Waals surface area (Å²) in [5.74, 6) is 3.43. The van der Waals surface area contributed by atoms with E-state index in [0.29, 0.717) is 5.92 Å². The van der Waals surface area contributed by atoms with E-state index in [-0.39, 0.29) is 0 Å². The average Bonchev–Trinajstić information content (AvgIpc) is 3.35. The normalized spacial score (nSPS) is 13.7. The standard InChI is InChI=1S/C22H21N5S/c1-3-7-17(8-4-1)15-26-14-13-23-20(26)16-28-22-25-24-21(18-11-12-18)27(22)19-9-5-2-6-10-19/h1-10,13-14,18H,11-12,15-16H2. The molecule has 0 spiro atoms. The first kappa shape index (κ1) is 17.3. The van der Waals surface area contributed by atoms with E-state index in [1.165, 1.54) is 18.4 Å². The molecule has 5 rings (SSSR count). The minimum Gasteiger partial charge on any atom is -0.330 e. The molecule has 1 fully saturated rings. The summed E-state index contributed by atoms with van der Waals surface area (Å²) in [6, 6.07) is 20.9. The van der Waals surface area contributed by atoms with Gasteiger partial charge in [-0.2, -0.15) is 0 Å². The molecule has 0 N–H and O–H groups in total.